The van der Waals surface area contributed by atoms with E-state index in [4.69, 9.17) is 4.74 Å². The van der Waals surface area contributed by atoms with Crippen molar-refractivity contribution in [2.24, 2.45) is 11.8 Å². The molecule has 1 saturated heterocycles. The molecule has 0 aromatic rings. The lowest BCUT2D eigenvalue weighted by Gasteiger charge is -2.17. The summed E-state index contributed by atoms with van der Waals surface area (Å²) in [5.74, 6) is 0.453. The molecule has 1 fully saturated rings. The van der Waals surface area contributed by atoms with Crippen LogP contribution in [0.5, 0.6) is 0 Å². The van der Waals surface area contributed by atoms with E-state index in [1.54, 1.807) is 0 Å². The van der Waals surface area contributed by atoms with E-state index < -0.39 is 0 Å². The third-order valence-corrected chi connectivity index (χ3v) is 2.83. The number of nitrogens with one attached hydrogen (secondary N) is 1. The summed E-state index contributed by atoms with van der Waals surface area (Å²) in [5.41, 5.74) is 0. The number of carbonyl (C=O) groups is 1. The first-order valence-electron chi connectivity index (χ1n) is 5.56. The van der Waals surface area contributed by atoms with Crippen LogP contribution in [-0.2, 0) is 9.53 Å². The first-order chi connectivity index (χ1) is 6.65. The van der Waals surface area contributed by atoms with Crippen LogP contribution in [-0.4, -0.2) is 25.2 Å². The maximum absolute atomic E-state index is 11.7. The standard InChI is InChI=1S/C11H21NO2/c1-4-5-9(3)14-11(13)10-7-12-6-8(10)2/h8-10,12H,4-7H2,1-3H3. The zero-order valence-electron chi connectivity index (χ0n) is 9.38. The van der Waals surface area contributed by atoms with Crippen LogP contribution in [0.1, 0.15) is 33.6 Å². The highest BCUT2D eigenvalue weighted by atomic mass is 16.5. The molecule has 1 aliphatic rings. The van der Waals surface area contributed by atoms with E-state index in [0.717, 1.165) is 25.9 Å². The van der Waals surface area contributed by atoms with E-state index in [0.29, 0.717) is 5.92 Å². The highest BCUT2D eigenvalue weighted by Gasteiger charge is 2.31. The van der Waals surface area contributed by atoms with Gasteiger partial charge in [-0.05, 0) is 25.8 Å². The van der Waals surface area contributed by atoms with Gasteiger partial charge in [0, 0.05) is 6.54 Å². The van der Waals surface area contributed by atoms with E-state index in [9.17, 15) is 4.79 Å². The van der Waals surface area contributed by atoms with Crippen LogP contribution in [0.25, 0.3) is 0 Å². The Kier molecular flexibility index (Phi) is 4.39. The number of ether oxygens (including phenoxy) is 1. The summed E-state index contributed by atoms with van der Waals surface area (Å²) in [4.78, 5) is 11.7. The molecule has 0 aromatic carbocycles. The average molecular weight is 199 g/mol. The van der Waals surface area contributed by atoms with Crippen molar-refractivity contribution in [3.05, 3.63) is 0 Å². The van der Waals surface area contributed by atoms with Crippen LogP contribution in [0.15, 0.2) is 0 Å². The molecule has 0 radical (unpaired) electrons. The van der Waals surface area contributed by atoms with Crippen LogP contribution in [0, 0.1) is 11.8 Å². The Bertz CT molecular complexity index is 194. The molecule has 1 aliphatic heterocycles. The minimum atomic E-state index is -0.0246. The molecule has 1 N–H and O–H groups in total. The Morgan fingerprint density at radius 3 is 2.79 bits per heavy atom. The highest BCUT2D eigenvalue weighted by molar-refractivity contribution is 5.73. The van der Waals surface area contributed by atoms with Gasteiger partial charge in [0.1, 0.15) is 0 Å². The van der Waals surface area contributed by atoms with Gasteiger partial charge in [-0.3, -0.25) is 4.79 Å². The summed E-state index contributed by atoms with van der Waals surface area (Å²) < 4.78 is 5.37. The molecule has 0 spiro atoms. The van der Waals surface area contributed by atoms with Gasteiger partial charge in [0.05, 0.1) is 12.0 Å². The van der Waals surface area contributed by atoms with Crippen molar-refractivity contribution in [1.29, 1.82) is 0 Å². The largest absolute Gasteiger partial charge is 0.462 e. The van der Waals surface area contributed by atoms with Crippen LogP contribution in [0.3, 0.4) is 0 Å². The maximum Gasteiger partial charge on any atom is 0.310 e. The van der Waals surface area contributed by atoms with Crippen LogP contribution < -0.4 is 5.32 Å². The van der Waals surface area contributed by atoms with E-state index >= 15 is 0 Å². The molecule has 0 bridgehead atoms. The Balaban J connectivity index is 2.33. The molecule has 0 saturated carbocycles. The van der Waals surface area contributed by atoms with Gasteiger partial charge in [0.15, 0.2) is 0 Å². The molecule has 14 heavy (non-hydrogen) atoms. The van der Waals surface area contributed by atoms with Crippen LogP contribution in [0.2, 0.25) is 0 Å². The van der Waals surface area contributed by atoms with Crippen molar-refractivity contribution in [3.8, 4) is 0 Å². The fourth-order valence-corrected chi connectivity index (χ4v) is 1.88. The minimum Gasteiger partial charge on any atom is -0.462 e. The summed E-state index contributed by atoms with van der Waals surface area (Å²) in [5, 5.41) is 3.21. The summed E-state index contributed by atoms with van der Waals surface area (Å²) >= 11 is 0. The highest BCUT2D eigenvalue weighted by Crippen LogP contribution is 2.18. The second-order valence-electron chi connectivity index (χ2n) is 4.28. The van der Waals surface area contributed by atoms with Crippen molar-refractivity contribution in [1.82, 2.24) is 5.32 Å². The molecule has 1 heterocycles. The van der Waals surface area contributed by atoms with Gasteiger partial charge in [-0.15, -0.1) is 0 Å². The van der Waals surface area contributed by atoms with Gasteiger partial charge in [0.2, 0.25) is 0 Å². The Labute approximate surface area is 86.2 Å². The van der Waals surface area contributed by atoms with Gasteiger partial charge >= 0.3 is 5.97 Å². The molecule has 3 unspecified atom stereocenters. The zero-order chi connectivity index (χ0) is 10.6. The number of carbonyl (C=O) groups excluding carboxylic acids is 1. The van der Waals surface area contributed by atoms with Crippen LogP contribution in [0.4, 0.5) is 0 Å². The third-order valence-electron chi connectivity index (χ3n) is 2.83. The van der Waals surface area contributed by atoms with Gasteiger partial charge in [0.25, 0.3) is 0 Å². The predicted molar refractivity (Wildman–Crippen MR) is 56.0 cm³/mol. The second kappa shape index (κ2) is 5.35. The Hall–Kier alpha value is -0.570. The molecule has 0 amide bonds. The Morgan fingerprint density at radius 1 is 1.57 bits per heavy atom. The van der Waals surface area contributed by atoms with Crippen molar-refractivity contribution in [2.45, 2.75) is 39.7 Å². The van der Waals surface area contributed by atoms with Gasteiger partial charge < -0.3 is 10.1 Å². The van der Waals surface area contributed by atoms with Crippen molar-refractivity contribution in [3.63, 3.8) is 0 Å². The second-order valence-corrected chi connectivity index (χ2v) is 4.28. The van der Waals surface area contributed by atoms with Crippen molar-refractivity contribution in [2.75, 3.05) is 13.1 Å². The van der Waals surface area contributed by atoms with Crippen LogP contribution >= 0.6 is 0 Å². The maximum atomic E-state index is 11.7. The zero-order valence-corrected chi connectivity index (χ0v) is 9.38. The van der Waals surface area contributed by atoms with Crippen molar-refractivity contribution >= 4 is 5.97 Å². The van der Waals surface area contributed by atoms with E-state index in [-0.39, 0.29) is 18.0 Å². The van der Waals surface area contributed by atoms with Gasteiger partial charge in [-0.25, -0.2) is 0 Å². The monoisotopic (exact) mass is 199 g/mol. The molecule has 3 atom stereocenters. The molecule has 82 valence electrons. The number of rotatable bonds is 4. The summed E-state index contributed by atoms with van der Waals surface area (Å²) in [6, 6.07) is 0. The third kappa shape index (κ3) is 2.98. The summed E-state index contributed by atoms with van der Waals surface area (Å²) in [7, 11) is 0. The fraction of sp³-hybridized carbons (Fsp3) is 0.909. The van der Waals surface area contributed by atoms with Gasteiger partial charge in [-0.2, -0.15) is 0 Å². The molecule has 3 heteroatoms. The van der Waals surface area contributed by atoms with Gasteiger partial charge in [-0.1, -0.05) is 20.3 Å². The number of hydrogen-bond acceptors (Lipinski definition) is 3. The molecule has 1 rings (SSSR count). The number of hydrogen-bond donors (Lipinski definition) is 1. The molecule has 3 nitrogen and oxygen atoms in total. The van der Waals surface area contributed by atoms with E-state index in [2.05, 4.69) is 19.2 Å². The van der Waals surface area contributed by atoms with E-state index in [1.807, 2.05) is 6.92 Å². The molecule has 0 aromatic heterocycles. The molecule has 0 aliphatic carbocycles. The Morgan fingerprint density at radius 2 is 2.29 bits per heavy atom. The quantitative estimate of drug-likeness (QED) is 0.698. The van der Waals surface area contributed by atoms with E-state index in [1.165, 1.54) is 0 Å². The summed E-state index contributed by atoms with van der Waals surface area (Å²) in [6.45, 7) is 7.87. The lowest BCUT2D eigenvalue weighted by molar-refractivity contribution is -0.154. The minimum absolute atomic E-state index is 0.0246. The number of esters is 1. The van der Waals surface area contributed by atoms with Crippen molar-refractivity contribution < 1.29 is 9.53 Å². The first-order valence-corrected chi connectivity index (χ1v) is 5.56. The average Bonchev–Trinajstić information content (AvgIpc) is 2.51. The summed E-state index contributed by atoms with van der Waals surface area (Å²) in [6.07, 6.45) is 2.09. The topological polar surface area (TPSA) is 38.3 Å². The smallest absolute Gasteiger partial charge is 0.310 e. The molecular formula is C11H21NO2. The SMILES string of the molecule is CCCC(C)OC(=O)C1CNCC1C. The first kappa shape index (κ1) is 11.5. The predicted octanol–water partition coefficient (Wildman–Crippen LogP) is 1.57. The fourth-order valence-electron chi connectivity index (χ4n) is 1.88. The lowest BCUT2D eigenvalue weighted by Crippen LogP contribution is -2.27. The normalized spacial score (nSPS) is 28.8. The molecular weight excluding hydrogens is 178 g/mol. The lowest BCUT2D eigenvalue weighted by atomic mass is 9.98.